The van der Waals surface area contributed by atoms with Gasteiger partial charge in [-0.1, -0.05) is 25.4 Å². The van der Waals surface area contributed by atoms with Gasteiger partial charge in [-0.05, 0) is 18.0 Å². The maximum atomic E-state index is 14.4. The molecule has 0 aliphatic carbocycles. The largest absolute Gasteiger partial charge is 0.351 e. The second kappa shape index (κ2) is 5.09. The zero-order valence-corrected chi connectivity index (χ0v) is 12.4. The molecule has 3 heterocycles. The molecule has 4 atom stereocenters. The number of hydrogen-bond donors (Lipinski definition) is 0. The Labute approximate surface area is 125 Å². The molecule has 8 heteroatoms. The number of hydrogen-bond acceptors (Lipinski definition) is 4. The van der Waals surface area contributed by atoms with Crippen LogP contribution < -0.4 is 0 Å². The van der Waals surface area contributed by atoms with E-state index in [1.54, 1.807) is 0 Å². The normalized spacial score (nSPS) is 30.2. The maximum absolute atomic E-state index is 14.4. The quantitative estimate of drug-likeness (QED) is 0.629. The average molecular weight is 319 g/mol. The lowest BCUT2D eigenvalue weighted by atomic mass is 10.00. The van der Waals surface area contributed by atoms with Crippen LogP contribution in [0.5, 0.6) is 0 Å². The topological polar surface area (TPSA) is 52.8 Å². The highest BCUT2D eigenvalue weighted by molar-refractivity contribution is 6.35. The molecule has 2 aromatic heterocycles. The minimum absolute atomic E-state index is 0.00209. The van der Waals surface area contributed by atoms with Crippen LogP contribution in [-0.4, -0.2) is 31.8 Å². The zero-order chi connectivity index (χ0) is 14.4. The van der Waals surface area contributed by atoms with E-state index in [-0.39, 0.29) is 22.5 Å². The summed E-state index contributed by atoms with van der Waals surface area (Å²) >= 11 is 11.8. The van der Waals surface area contributed by atoms with Crippen molar-refractivity contribution < 1.29 is 9.13 Å². The van der Waals surface area contributed by atoms with E-state index >= 15 is 0 Å². The van der Waals surface area contributed by atoms with E-state index in [0.29, 0.717) is 11.2 Å². The molecule has 1 saturated heterocycles. The number of nitrogens with zero attached hydrogens (tertiary/aromatic N) is 4. The van der Waals surface area contributed by atoms with Crippen molar-refractivity contribution in [1.82, 2.24) is 19.5 Å². The molecule has 1 aliphatic heterocycles. The number of alkyl halides is 1. The van der Waals surface area contributed by atoms with Gasteiger partial charge in [0.2, 0.25) is 5.28 Å². The first-order valence-electron chi connectivity index (χ1n) is 6.38. The molecule has 1 aliphatic rings. The van der Waals surface area contributed by atoms with Gasteiger partial charge in [0.15, 0.2) is 23.2 Å². The third kappa shape index (κ3) is 2.06. The van der Waals surface area contributed by atoms with Gasteiger partial charge in [0.1, 0.15) is 5.52 Å². The van der Waals surface area contributed by atoms with E-state index in [4.69, 9.17) is 27.9 Å². The zero-order valence-electron chi connectivity index (χ0n) is 10.9. The van der Waals surface area contributed by atoms with Crippen LogP contribution in [0, 0.1) is 5.92 Å². The fourth-order valence-corrected chi connectivity index (χ4v) is 2.99. The van der Waals surface area contributed by atoms with Gasteiger partial charge >= 0.3 is 0 Å². The Morgan fingerprint density at radius 1 is 1.40 bits per heavy atom. The lowest BCUT2D eigenvalue weighted by Gasteiger charge is -2.15. The predicted octanol–water partition coefficient (Wildman–Crippen LogP) is 3.41. The molecular formula is C12H13Cl2FN4O. The highest BCUT2D eigenvalue weighted by atomic mass is 35.5. The Kier molecular flexibility index (Phi) is 3.56. The van der Waals surface area contributed by atoms with Gasteiger partial charge in [-0.25, -0.2) is 14.4 Å². The second-order valence-corrected chi connectivity index (χ2v) is 5.58. The molecule has 0 radical (unpaired) electrons. The molecule has 20 heavy (non-hydrogen) atoms. The number of ether oxygens (including phenoxy) is 1. The van der Waals surface area contributed by atoms with E-state index in [9.17, 15) is 4.39 Å². The highest BCUT2D eigenvalue weighted by Crippen LogP contribution is 2.38. The number of fused-ring (bicyclic) bond motifs is 1. The van der Waals surface area contributed by atoms with Crippen molar-refractivity contribution in [2.75, 3.05) is 0 Å². The van der Waals surface area contributed by atoms with Gasteiger partial charge in [-0.3, -0.25) is 4.57 Å². The fourth-order valence-electron chi connectivity index (χ4n) is 2.57. The Hall–Kier alpha value is -0.980. The number of imidazole rings is 1. The van der Waals surface area contributed by atoms with Crippen molar-refractivity contribution in [3.63, 3.8) is 0 Å². The van der Waals surface area contributed by atoms with Gasteiger partial charge in [-0.15, -0.1) is 0 Å². The van der Waals surface area contributed by atoms with Crippen molar-refractivity contribution in [3.05, 3.63) is 16.8 Å². The number of rotatable bonds is 2. The molecule has 0 N–H and O–H groups in total. The first-order valence-corrected chi connectivity index (χ1v) is 7.13. The standard InChI is InChI=1S/C12H13Cl2FN4O/c1-3-6-5(2)7(15)11(20-6)19-4-16-8-9(13)17-12(14)18-10(8)19/h4-7,11H,3H2,1-2H3/t5-,6+,7?,11+/m0/s1. The molecule has 1 unspecified atom stereocenters. The molecule has 5 nitrogen and oxygen atoms in total. The molecule has 0 bridgehead atoms. The van der Waals surface area contributed by atoms with E-state index in [1.807, 2.05) is 13.8 Å². The average Bonchev–Trinajstić information content (AvgIpc) is 2.93. The molecule has 108 valence electrons. The maximum Gasteiger partial charge on any atom is 0.225 e. The van der Waals surface area contributed by atoms with Crippen LogP contribution in [0.4, 0.5) is 4.39 Å². The van der Waals surface area contributed by atoms with Crippen LogP contribution in [0.2, 0.25) is 10.4 Å². The smallest absolute Gasteiger partial charge is 0.225 e. The molecule has 0 amide bonds. The Bertz CT molecular complexity index is 650. The van der Waals surface area contributed by atoms with Gasteiger partial charge in [0.25, 0.3) is 0 Å². The summed E-state index contributed by atoms with van der Waals surface area (Å²) in [7, 11) is 0. The van der Waals surface area contributed by atoms with Crippen LogP contribution >= 0.6 is 23.2 Å². The lowest BCUT2D eigenvalue weighted by molar-refractivity contribution is -0.0186. The molecule has 3 rings (SSSR count). The predicted molar refractivity (Wildman–Crippen MR) is 73.6 cm³/mol. The number of halogens is 3. The van der Waals surface area contributed by atoms with E-state index in [0.717, 1.165) is 6.42 Å². The van der Waals surface area contributed by atoms with E-state index in [2.05, 4.69) is 15.0 Å². The van der Waals surface area contributed by atoms with Crippen molar-refractivity contribution in [1.29, 1.82) is 0 Å². The summed E-state index contributed by atoms with van der Waals surface area (Å²) in [5.41, 5.74) is 0.770. The molecule has 2 aromatic rings. The van der Waals surface area contributed by atoms with Gasteiger partial charge in [0, 0.05) is 5.92 Å². The fraction of sp³-hybridized carbons (Fsp3) is 0.583. The van der Waals surface area contributed by atoms with Crippen LogP contribution in [0.1, 0.15) is 26.5 Å². The lowest BCUT2D eigenvalue weighted by Crippen LogP contribution is -2.19. The van der Waals surface area contributed by atoms with Crippen LogP contribution in [0.3, 0.4) is 0 Å². The molecule has 0 spiro atoms. The number of aromatic nitrogens is 4. The van der Waals surface area contributed by atoms with Gasteiger partial charge in [0.05, 0.1) is 12.4 Å². The SMILES string of the molecule is CC[C@H]1O[C@@H](n2cnc3c(Cl)nc(Cl)nc32)C(F)[C@H]1C. The Balaban J connectivity index is 2.07. The molecular weight excluding hydrogens is 306 g/mol. The summed E-state index contributed by atoms with van der Waals surface area (Å²) in [6, 6.07) is 0. The molecule has 0 saturated carbocycles. The minimum atomic E-state index is -1.13. The van der Waals surface area contributed by atoms with Crippen LogP contribution in [0.25, 0.3) is 11.2 Å². The Morgan fingerprint density at radius 3 is 2.80 bits per heavy atom. The van der Waals surface area contributed by atoms with Crippen LogP contribution in [-0.2, 0) is 4.74 Å². The van der Waals surface area contributed by atoms with E-state index < -0.39 is 12.4 Å². The van der Waals surface area contributed by atoms with Gasteiger partial charge < -0.3 is 4.74 Å². The highest BCUT2D eigenvalue weighted by Gasteiger charge is 2.43. The summed E-state index contributed by atoms with van der Waals surface area (Å²) in [5.74, 6) is -0.185. The van der Waals surface area contributed by atoms with Crippen molar-refractivity contribution in [2.45, 2.75) is 38.8 Å². The van der Waals surface area contributed by atoms with Crippen molar-refractivity contribution in [3.8, 4) is 0 Å². The third-order valence-corrected chi connectivity index (χ3v) is 4.14. The monoisotopic (exact) mass is 318 g/mol. The first-order chi connectivity index (χ1) is 9.52. The summed E-state index contributed by atoms with van der Waals surface area (Å²) < 4.78 is 21.7. The van der Waals surface area contributed by atoms with Crippen LogP contribution in [0.15, 0.2) is 6.33 Å². The third-order valence-electron chi connectivity index (χ3n) is 3.70. The van der Waals surface area contributed by atoms with Crippen molar-refractivity contribution in [2.24, 2.45) is 5.92 Å². The summed E-state index contributed by atoms with van der Waals surface area (Å²) in [4.78, 5) is 12.0. The minimum Gasteiger partial charge on any atom is -0.351 e. The van der Waals surface area contributed by atoms with E-state index in [1.165, 1.54) is 10.9 Å². The van der Waals surface area contributed by atoms with Gasteiger partial charge in [-0.2, -0.15) is 4.98 Å². The summed E-state index contributed by atoms with van der Waals surface area (Å²) in [5, 5.41) is 0.144. The Morgan fingerprint density at radius 2 is 2.15 bits per heavy atom. The summed E-state index contributed by atoms with van der Waals surface area (Å²) in [6.45, 7) is 3.81. The summed E-state index contributed by atoms with van der Waals surface area (Å²) in [6.07, 6.45) is 0.192. The molecule has 0 aromatic carbocycles. The molecule has 1 fully saturated rings. The van der Waals surface area contributed by atoms with Crippen molar-refractivity contribution >= 4 is 34.4 Å². The first kappa shape index (κ1) is 14.0. The second-order valence-electron chi connectivity index (χ2n) is 4.88.